The zero-order valence-electron chi connectivity index (χ0n) is 13.1. The maximum absolute atomic E-state index is 8.75. The van der Waals surface area contributed by atoms with E-state index in [4.69, 9.17) is 10.1 Å². The molecule has 0 aliphatic heterocycles. The summed E-state index contributed by atoms with van der Waals surface area (Å²) in [6.07, 6.45) is 1.64. The fourth-order valence-corrected chi connectivity index (χ4v) is 2.28. The van der Waals surface area contributed by atoms with Gasteiger partial charge in [-0.1, -0.05) is 71.9 Å². The van der Waals surface area contributed by atoms with Crippen LogP contribution in [0.25, 0.3) is 11.1 Å². The van der Waals surface area contributed by atoms with Crippen LogP contribution in [-0.2, 0) is 11.4 Å². The van der Waals surface area contributed by atoms with Crippen LogP contribution in [0.5, 0.6) is 0 Å². The van der Waals surface area contributed by atoms with Gasteiger partial charge in [-0.25, -0.2) is 0 Å². The standard InChI is InChI=1S/C21H16N2O/c22-14-17-6-8-18(9-7-17)15-23-24-16-19-10-12-21(13-11-19)20-4-2-1-3-5-20/h1-13,15H,16H2. The molecule has 3 heteroatoms. The molecule has 0 atom stereocenters. The summed E-state index contributed by atoms with van der Waals surface area (Å²) in [5.74, 6) is 0. The van der Waals surface area contributed by atoms with Gasteiger partial charge < -0.3 is 4.84 Å². The number of benzene rings is 3. The second-order valence-corrected chi connectivity index (χ2v) is 5.30. The van der Waals surface area contributed by atoms with Gasteiger partial charge in [0.05, 0.1) is 17.8 Å². The quantitative estimate of drug-likeness (QED) is 0.503. The summed E-state index contributed by atoms with van der Waals surface area (Å²) in [6.45, 7) is 0.419. The Labute approximate surface area is 141 Å². The van der Waals surface area contributed by atoms with Crippen molar-refractivity contribution in [2.24, 2.45) is 5.16 Å². The van der Waals surface area contributed by atoms with Crippen molar-refractivity contribution < 1.29 is 4.84 Å². The third kappa shape index (κ3) is 4.08. The Kier molecular flexibility index (Phi) is 5.01. The van der Waals surface area contributed by atoms with Crippen molar-refractivity contribution in [2.45, 2.75) is 6.61 Å². The number of nitriles is 1. The smallest absolute Gasteiger partial charge is 0.142 e. The van der Waals surface area contributed by atoms with E-state index in [1.165, 1.54) is 11.1 Å². The highest BCUT2D eigenvalue weighted by Gasteiger charge is 1.98. The fourth-order valence-electron chi connectivity index (χ4n) is 2.28. The van der Waals surface area contributed by atoms with Crippen molar-refractivity contribution in [1.29, 1.82) is 5.26 Å². The normalized spacial score (nSPS) is 10.5. The predicted molar refractivity (Wildman–Crippen MR) is 95.4 cm³/mol. The highest BCUT2D eigenvalue weighted by atomic mass is 16.6. The molecule has 0 radical (unpaired) electrons. The molecule has 3 rings (SSSR count). The van der Waals surface area contributed by atoms with Crippen LogP contribution in [0.15, 0.2) is 84.0 Å². The maximum Gasteiger partial charge on any atom is 0.142 e. The number of oxime groups is 1. The largest absolute Gasteiger partial charge is 0.391 e. The van der Waals surface area contributed by atoms with E-state index in [9.17, 15) is 0 Å². The summed E-state index contributed by atoms with van der Waals surface area (Å²) in [7, 11) is 0. The molecule has 0 amide bonds. The molecule has 0 saturated heterocycles. The van der Waals surface area contributed by atoms with E-state index in [2.05, 4.69) is 35.5 Å². The van der Waals surface area contributed by atoms with Crippen molar-refractivity contribution in [3.05, 3.63) is 95.6 Å². The van der Waals surface area contributed by atoms with Crippen molar-refractivity contribution >= 4 is 6.21 Å². The van der Waals surface area contributed by atoms with E-state index >= 15 is 0 Å². The minimum Gasteiger partial charge on any atom is -0.391 e. The summed E-state index contributed by atoms with van der Waals surface area (Å²) in [5, 5.41) is 12.7. The lowest BCUT2D eigenvalue weighted by Crippen LogP contribution is -1.89. The highest BCUT2D eigenvalue weighted by Crippen LogP contribution is 2.19. The third-order valence-electron chi connectivity index (χ3n) is 3.61. The zero-order chi connectivity index (χ0) is 16.6. The average molecular weight is 312 g/mol. The second kappa shape index (κ2) is 7.75. The SMILES string of the molecule is N#Cc1ccc(C=NOCc2ccc(-c3ccccc3)cc2)cc1. The lowest BCUT2D eigenvalue weighted by molar-refractivity contribution is 0.132. The molecule has 0 spiro atoms. The van der Waals surface area contributed by atoms with Gasteiger partial charge in [0.25, 0.3) is 0 Å². The minimum atomic E-state index is 0.419. The van der Waals surface area contributed by atoms with Gasteiger partial charge in [-0.3, -0.25) is 0 Å². The molecule has 0 unspecified atom stereocenters. The topological polar surface area (TPSA) is 45.4 Å². The molecule has 0 N–H and O–H groups in total. The van der Waals surface area contributed by atoms with Crippen LogP contribution >= 0.6 is 0 Å². The molecule has 0 heterocycles. The van der Waals surface area contributed by atoms with E-state index in [1.54, 1.807) is 18.3 Å². The molecule has 0 saturated carbocycles. The number of hydrogen-bond acceptors (Lipinski definition) is 3. The van der Waals surface area contributed by atoms with Crippen LogP contribution in [0.1, 0.15) is 16.7 Å². The van der Waals surface area contributed by atoms with E-state index in [-0.39, 0.29) is 0 Å². The number of rotatable bonds is 5. The van der Waals surface area contributed by atoms with Crippen molar-refractivity contribution in [3.8, 4) is 17.2 Å². The van der Waals surface area contributed by atoms with Crippen LogP contribution in [0.3, 0.4) is 0 Å². The van der Waals surface area contributed by atoms with Gasteiger partial charge in [-0.05, 0) is 34.4 Å². The molecule has 3 aromatic rings. The Morgan fingerprint density at radius 3 is 2.17 bits per heavy atom. The second-order valence-electron chi connectivity index (χ2n) is 5.30. The maximum atomic E-state index is 8.75. The van der Waals surface area contributed by atoms with E-state index < -0.39 is 0 Å². The monoisotopic (exact) mass is 312 g/mol. The Bertz CT molecular complexity index is 845. The molecule has 3 aromatic carbocycles. The van der Waals surface area contributed by atoms with Gasteiger partial charge in [0.2, 0.25) is 0 Å². The highest BCUT2D eigenvalue weighted by molar-refractivity contribution is 5.79. The molecule has 0 fully saturated rings. The van der Waals surface area contributed by atoms with Gasteiger partial charge in [0.1, 0.15) is 6.61 Å². The Balaban J connectivity index is 1.55. The first-order valence-electron chi connectivity index (χ1n) is 7.65. The summed E-state index contributed by atoms with van der Waals surface area (Å²) in [4.78, 5) is 5.33. The van der Waals surface area contributed by atoms with Crippen molar-refractivity contribution in [1.82, 2.24) is 0 Å². The molecule has 0 bridgehead atoms. The fraction of sp³-hybridized carbons (Fsp3) is 0.0476. The lowest BCUT2D eigenvalue weighted by Gasteiger charge is -2.04. The average Bonchev–Trinajstić information content (AvgIpc) is 2.67. The Morgan fingerprint density at radius 1 is 0.833 bits per heavy atom. The van der Waals surface area contributed by atoms with Crippen molar-refractivity contribution in [3.63, 3.8) is 0 Å². The molecule has 24 heavy (non-hydrogen) atoms. The molecule has 0 aliphatic rings. The minimum absolute atomic E-state index is 0.419. The third-order valence-corrected chi connectivity index (χ3v) is 3.61. The molecular formula is C21H16N2O. The molecule has 3 nitrogen and oxygen atoms in total. The van der Waals surface area contributed by atoms with Gasteiger partial charge in [-0.15, -0.1) is 0 Å². The van der Waals surface area contributed by atoms with Gasteiger partial charge >= 0.3 is 0 Å². The van der Waals surface area contributed by atoms with Crippen LogP contribution in [-0.4, -0.2) is 6.21 Å². The molecule has 116 valence electrons. The van der Waals surface area contributed by atoms with Crippen LogP contribution in [0.2, 0.25) is 0 Å². The Morgan fingerprint density at radius 2 is 1.50 bits per heavy atom. The first kappa shape index (κ1) is 15.5. The number of nitrogens with zero attached hydrogens (tertiary/aromatic N) is 2. The zero-order valence-corrected chi connectivity index (χ0v) is 13.1. The number of hydrogen-bond donors (Lipinski definition) is 0. The summed E-state index contributed by atoms with van der Waals surface area (Å²) in [5.41, 5.74) is 4.97. The molecule has 0 aliphatic carbocycles. The summed E-state index contributed by atoms with van der Waals surface area (Å²) in [6, 6.07) is 27.8. The Hall–Kier alpha value is -3.38. The van der Waals surface area contributed by atoms with E-state index in [1.807, 2.05) is 42.5 Å². The molecule has 0 aromatic heterocycles. The summed E-state index contributed by atoms with van der Waals surface area (Å²) < 4.78 is 0. The first-order valence-corrected chi connectivity index (χ1v) is 7.65. The van der Waals surface area contributed by atoms with Gasteiger partial charge in [0, 0.05) is 0 Å². The first-order chi connectivity index (χ1) is 11.8. The lowest BCUT2D eigenvalue weighted by atomic mass is 10.0. The van der Waals surface area contributed by atoms with Crippen LogP contribution in [0.4, 0.5) is 0 Å². The summed E-state index contributed by atoms with van der Waals surface area (Å²) >= 11 is 0. The van der Waals surface area contributed by atoms with Crippen LogP contribution < -0.4 is 0 Å². The molecular weight excluding hydrogens is 296 g/mol. The van der Waals surface area contributed by atoms with E-state index in [0.717, 1.165) is 11.1 Å². The van der Waals surface area contributed by atoms with Crippen molar-refractivity contribution in [2.75, 3.05) is 0 Å². The van der Waals surface area contributed by atoms with Crippen LogP contribution in [0, 0.1) is 11.3 Å². The van der Waals surface area contributed by atoms with E-state index in [0.29, 0.717) is 12.2 Å². The van der Waals surface area contributed by atoms with Gasteiger partial charge in [-0.2, -0.15) is 5.26 Å². The van der Waals surface area contributed by atoms with Gasteiger partial charge in [0.15, 0.2) is 0 Å². The predicted octanol–water partition coefficient (Wildman–Crippen LogP) is 4.78.